The van der Waals surface area contributed by atoms with Crippen molar-refractivity contribution in [3.63, 3.8) is 0 Å². The third kappa shape index (κ3) is 1.76. The van der Waals surface area contributed by atoms with E-state index in [0.717, 1.165) is 21.3 Å². The standard InChI is InChI=1S/C10H9NOS2/c1-12-8-5-3-2-4-7(8)10-11-9(13)6-14-10/h2-6,13H,1H3. The normalized spacial score (nSPS) is 10.1. The average Bonchev–Trinajstić information content (AvgIpc) is 2.65. The number of hydrogen-bond acceptors (Lipinski definition) is 4. The van der Waals surface area contributed by atoms with Gasteiger partial charge in [-0.2, -0.15) is 0 Å². The van der Waals surface area contributed by atoms with Gasteiger partial charge in [-0.15, -0.1) is 24.0 Å². The highest BCUT2D eigenvalue weighted by Gasteiger charge is 2.07. The highest BCUT2D eigenvalue weighted by Crippen LogP contribution is 2.32. The van der Waals surface area contributed by atoms with Crippen LogP contribution >= 0.6 is 24.0 Å². The lowest BCUT2D eigenvalue weighted by Crippen LogP contribution is -1.86. The van der Waals surface area contributed by atoms with Crippen molar-refractivity contribution >= 4 is 24.0 Å². The Morgan fingerprint density at radius 3 is 2.79 bits per heavy atom. The minimum Gasteiger partial charge on any atom is -0.496 e. The van der Waals surface area contributed by atoms with E-state index in [1.165, 1.54) is 0 Å². The molecule has 1 aromatic heterocycles. The number of thiol groups is 1. The molecule has 1 heterocycles. The fraction of sp³-hybridized carbons (Fsp3) is 0.100. The highest BCUT2D eigenvalue weighted by molar-refractivity contribution is 7.80. The van der Waals surface area contributed by atoms with Crippen LogP contribution in [0.25, 0.3) is 10.6 Å². The van der Waals surface area contributed by atoms with Crippen molar-refractivity contribution in [2.75, 3.05) is 7.11 Å². The molecule has 0 aliphatic rings. The van der Waals surface area contributed by atoms with Gasteiger partial charge in [-0.1, -0.05) is 12.1 Å². The summed E-state index contributed by atoms with van der Waals surface area (Å²) in [7, 11) is 1.66. The van der Waals surface area contributed by atoms with Crippen molar-refractivity contribution < 1.29 is 4.74 Å². The maximum Gasteiger partial charge on any atom is 0.129 e. The third-order valence-corrected chi connectivity index (χ3v) is 3.11. The zero-order valence-corrected chi connectivity index (χ0v) is 9.31. The molecule has 4 heteroatoms. The Bertz CT molecular complexity index is 439. The van der Waals surface area contributed by atoms with Gasteiger partial charge in [0.25, 0.3) is 0 Å². The van der Waals surface area contributed by atoms with Gasteiger partial charge in [0.05, 0.1) is 12.7 Å². The van der Waals surface area contributed by atoms with Crippen LogP contribution in [0, 0.1) is 0 Å². The summed E-state index contributed by atoms with van der Waals surface area (Å²) in [5.74, 6) is 0.843. The fourth-order valence-electron chi connectivity index (χ4n) is 1.21. The van der Waals surface area contributed by atoms with Crippen molar-refractivity contribution in [2.24, 2.45) is 0 Å². The van der Waals surface area contributed by atoms with Gasteiger partial charge in [0.15, 0.2) is 0 Å². The summed E-state index contributed by atoms with van der Waals surface area (Å²) in [6.07, 6.45) is 0. The molecular formula is C10H9NOS2. The molecule has 0 amide bonds. The molecule has 0 radical (unpaired) electrons. The summed E-state index contributed by atoms with van der Waals surface area (Å²) < 4.78 is 5.25. The van der Waals surface area contributed by atoms with Crippen molar-refractivity contribution in [2.45, 2.75) is 5.03 Å². The maximum absolute atomic E-state index is 5.25. The molecule has 0 bridgehead atoms. The van der Waals surface area contributed by atoms with E-state index in [-0.39, 0.29) is 0 Å². The molecule has 14 heavy (non-hydrogen) atoms. The maximum atomic E-state index is 5.25. The second-order valence-corrected chi connectivity index (χ2v) is 4.03. The summed E-state index contributed by atoms with van der Waals surface area (Å²) in [4.78, 5) is 4.29. The van der Waals surface area contributed by atoms with E-state index >= 15 is 0 Å². The first kappa shape index (κ1) is 9.55. The summed E-state index contributed by atoms with van der Waals surface area (Å²) >= 11 is 5.74. The first-order valence-corrected chi connectivity index (χ1v) is 5.42. The van der Waals surface area contributed by atoms with Gasteiger partial charge >= 0.3 is 0 Å². The second kappa shape index (κ2) is 4.02. The second-order valence-electron chi connectivity index (χ2n) is 2.71. The Morgan fingerprint density at radius 2 is 2.14 bits per heavy atom. The number of para-hydroxylation sites is 1. The molecule has 0 spiro atoms. The SMILES string of the molecule is COc1ccccc1-c1nc(S)cs1. The van der Waals surface area contributed by atoms with Crippen LogP contribution in [0.15, 0.2) is 34.7 Å². The highest BCUT2D eigenvalue weighted by atomic mass is 32.1. The molecule has 2 aromatic rings. The van der Waals surface area contributed by atoms with Crippen LogP contribution in [0.1, 0.15) is 0 Å². The van der Waals surface area contributed by atoms with E-state index in [1.54, 1.807) is 18.4 Å². The molecule has 0 fully saturated rings. The largest absolute Gasteiger partial charge is 0.496 e. The van der Waals surface area contributed by atoms with E-state index < -0.39 is 0 Å². The van der Waals surface area contributed by atoms with Crippen molar-refractivity contribution in [1.29, 1.82) is 0 Å². The van der Waals surface area contributed by atoms with Crippen LogP contribution in [-0.4, -0.2) is 12.1 Å². The van der Waals surface area contributed by atoms with Gasteiger partial charge < -0.3 is 4.74 Å². The van der Waals surface area contributed by atoms with Crippen LogP contribution in [0.2, 0.25) is 0 Å². The summed E-state index contributed by atoms with van der Waals surface area (Å²) in [6.45, 7) is 0. The Hall–Kier alpha value is -1.000. The lowest BCUT2D eigenvalue weighted by Gasteiger charge is -2.04. The third-order valence-electron chi connectivity index (χ3n) is 1.83. The molecule has 2 nitrogen and oxygen atoms in total. The number of aromatic nitrogens is 1. The number of thiazole rings is 1. The minimum absolute atomic E-state index is 0.746. The number of hydrogen-bond donors (Lipinski definition) is 1. The van der Waals surface area contributed by atoms with Crippen molar-refractivity contribution in [3.05, 3.63) is 29.6 Å². The quantitative estimate of drug-likeness (QED) is 0.790. The van der Waals surface area contributed by atoms with Crippen LogP contribution in [-0.2, 0) is 0 Å². The van der Waals surface area contributed by atoms with E-state index in [4.69, 9.17) is 4.74 Å². The number of benzene rings is 1. The Labute approximate surface area is 92.0 Å². The number of rotatable bonds is 2. The van der Waals surface area contributed by atoms with E-state index in [1.807, 2.05) is 29.6 Å². The Morgan fingerprint density at radius 1 is 1.36 bits per heavy atom. The minimum atomic E-state index is 0.746. The molecule has 2 rings (SSSR count). The molecule has 0 aliphatic carbocycles. The first-order chi connectivity index (χ1) is 6.81. The average molecular weight is 223 g/mol. The monoisotopic (exact) mass is 223 g/mol. The van der Waals surface area contributed by atoms with Gasteiger partial charge in [0.1, 0.15) is 15.8 Å². The molecular weight excluding hydrogens is 214 g/mol. The summed E-state index contributed by atoms with van der Waals surface area (Å²) in [5, 5.41) is 3.59. The lowest BCUT2D eigenvalue weighted by atomic mass is 10.2. The molecule has 0 saturated heterocycles. The molecule has 0 unspecified atom stereocenters. The van der Waals surface area contributed by atoms with Crippen molar-refractivity contribution in [3.8, 4) is 16.3 Å². The first-order valence-electron chi connectivity index (χ1n) is 4.09. The van der Waals surface area contributed by atoms with Gasteiger partial charge in [0, 0.05) is 5.38 Å². The number of nitrogens with zero attached hydrogens (tertiary/aromatic N) is 1. The molecule has 0 saturated carbocycles. The fourth-order valence-corrected chi connectivity index (χ4v) is 2.25. The molecule has 0 aliphatic heterocycles. The lowest BCUT2D eigenvalue weighted by molar-refractivity contribution is 0.416. The van der Waals surface area contributed by atoms with Crippen LogP contribution in [0.5, 0.6) is 5.75 Å². The number of methoxy groups -OCH3 is 1. The molecule has 72 valence electrons. The van der Waals surface area contributed by atoms with Crippen LogP contribution < -0.4 is 4.74 Å². The van der Waals surface area contributed by atoms with E-state index in [2.05, 4.69) is 17.6 Å². The zero-order valence-electron chi connectivity index (χ0n) is 7.60. The van der Waals surface area contributed by atoms with Gasteiger partial charge in [-0.25, -0.2) is 4.98 Å². The molecule has 0 atom stereocenters. The molecule has 0 N–H and O–H groups in total. The van der Waals surface area contributed by atoms with Crippen LogP contribution in [0.3, 0.4) is 0 Å². The van der Waals surface area contributed by atoms with E-state index in [0.29, 0.717) is 0 Å². The van der Waals surface area contributed by atoms with Crippen molar-refractivity contribution in [1.82, 2.24) is 4.98 Å². The zero-order chi connectivity index (χ0) is 9.97. The van der Waals surface area contributed by atoms with Gasteiger partial charge in [-0.3, -0.25) is 0 Å². The van der Waals surface area contributed by atoms with Gasteiger partial charge in [-0.05, 0) is 12.1 Å². The van der Waals surface area contributed by atoms with Gasteiger partial charge in [0.2, 0.25) is 0 Å². The smallest absolute Gasteiger partial charge is 0.129 e. The summed E-state index contributed by atoms with van der Waals surface area (Å²) in [5.41, 5.74) is 1.01. The number of ether oxygens (including phenoxy) is 1. The topological polar surface area (TPSA) is 22.1 Å². The Balaban J connectivity index is 2.50. The molecule has 1 aromatic carbocycles. The predicted molar refractivity (Wildman–Crippen MR) is 61.4 cm³/mol. The Kier molecular flexibility index (Phi) is 2.74. The summed E-state index contributed by atoms with van der Waals surface area (Å²) in [6, 6.07) is 7.83. The van der Waals surface area contributed by atoms with E-state index in [9.17, 15) is 0 Å². The van der Waals surface area contributed by atoms with Crippen LogP contribution in [0.4, 0.5) is 0 Å². The predicted octanol–water partition coefficient (Wildman–Crippen LogP) is 3.11.